The third-order valence-corrected chi connectivity index (χ3v) is 4.02. The number of nitrogens with one attached hydrogen (secondary N) is 1. The Kier molecular flexibility index (Phi) is 3.39. The van der Waals surface area contributed by atoms with E-state index in [0.717, 1.165) is 25.7 Å². The van der Waals surface area contributed by atoms with E-state index in [0.29, 0.717) is 5.92 Å². The summed E-state index contributed by atoms with van der Waals surface area (Å²) in [4.78, 5) is 26.7. The van der Waals surface area contributed by atoms with Gasteiger partial charge in [-0.15, -0.1) is 0 Å². The van der Waals surface area contributed by atoms with E-state index in [1.165, 1.54) is 0 Å². The number of rotatable bonds is 4. The molecule has 2 rings (SSSR count). The lowest BCUT2D eigenvalue weighted by Gasteiger charge is -2.46. The lowest BCUT2D eigenvalue weighted by molar-refractivity contribution is -0.157. The van der Waals surface area contributed by atoms with E-state index in [1.807, 2.05) is 4.90 Å². The van der Waals surface area contributed by atoms with Crippen molar-refractivity contribution in [3.8, 4) is 0 Å². The molecule has 0 aromatic heterocycles. The van der Waals surface area contributed by atoms with Gasteiger partial charge in [0, 0.05) is 6.04 Å². The van der Waals surface area contributed by atoms with Gasteiger partial charge >= 0.3 is 0 Å². The molecule has 1 N–H and O–H groups in total. The fourth-order valence-electron chi connectivity index (χ4n) is 2.90. The van der Waals surface area contributed by atoms with Crippen molar-refractivity contribution in [3.63, 3.8) is 0 Å². The first-order chi connectivity index (χ1) is 8.38. The highest BCUT2D eigenvalue weighted by atomic mass is 16.2. The summed E-state index contributed by atoms with van der Waals surface area (Å²) < 4.78 is 0. The summed E-state index contributed by atoms with van der Waals surface area (Å²) >= 11 is 0. The zero-order valence-corrected chi connectivity index (χ0v) is 11.8. The predicted octanol–water partition coefficient (Wildman–Crippen LogP) is 1.69. The smallest absolute Gasteiger partial charge is 0.248 e. The molecule has 0 aromatic rings. The van der Waals surface area contributed by atoms with Crippen LogP contribution in [-0.4, -0.2) is 34.3 Å². The number of hydrogen-bond acceptors (Lipinski definition) is 2. The zero-order chi connectivity index (χ0) is 13.5. The molecule has 0 spiro atoms. The van der Waals surface area contributed by atoms with E-state index >= 15 is 0 Å². The molecule has 0 aromatic carbocycles. The van der Waals surface area contributed by atoms with Crippen LogP contribution in [0.25, 0.3) is 0 Å². The van der Waals surface area contributed by atoms with Crippen LogP contribution in [-0.2, 0) is 9.59 Å². The molecule has 1 saturated carbocycles. The Hall–Kier alpha value is -1.06. The molecule has 0 radical (unpaired) electrons. The van der Waals surface area contributed by atoms with Crippen molar-refractivity contribution in [2.75, 3.05) is 0 Å². The molecule has 102 valence electrons. The van der Waals surface area contributed by atoms with E-state index < -0.39 is 5.54 Å². The summed E-state index contributed by atoms with van der Waals surface area (Å²) in [6, 6.07) is -0.0782. The molecular weight excluding hydrogens is 228 g/mol. The summed E-state index contributed by atoms with van der Waals surface area (Å²) in [5.74, 6) is 0.481. The molecule has 0 bridgehead atoms. The minimum Gasteiger partial charge on any atom is -0.340 e. The standard InChI is InChI=1S/C14H24N2O2/c1-5-6-9(2)16-11(10-7-8-10)12(17)15-14(3,4)13(16)18/h9-11H,5-8H2,1-4H3,(H,15,17). The fourth-order valence-corrected chi connectivity index (χ4v) is 2.90. The van der Waals surface area contributed by atoms with Gasteiger partial charge in [0.2, 0.25) is 11.8 Å². The van der Waals surface area contributed by atoms with Gasteiger partial charge in [0.25, 0.3) is 0 Å². The summed E-state index contributed by atoms with van der Waals surface area (Å²) in [5, 5.41) is 2.87. The topological polar surface area (TPSA) is 49.4 Å². The molecule has 1 heterocycles. The summed E-state index contributed by atoms with van der Waals surface area (Å²) in [6.45, 7) is 7.76. The van der Waals surface area contributed by atoms with Crippen LogP contribution in [0.4, 0.5) is 0 Å². The van der Waals surface area contributed by atoms with Crippen LogP contribution in [0.2, 0.25) is 0 Å². The number of nitrogens with zero attached hydrogens (tertiary/aromatic N) is 1. The van der Waals surface area contributed by atoms with Crippen molar-refractivity contribution in [2.24, 2.45) is 5.92 Å². The monoisotopic (exact) mass is 252 g/mol. The lowest BCUT2D eigenvalue weighted by Crippen LogP contribution is -2.70. The molecule has 2 fully saturated rings. The van der Waals surface area contributed by atoms with Crippen molar-refractivity contribution in [3.05, 3.63) is 0 Å². The Morgan fingerprint density at radius 1 is 1.39 bits per heavy atom. The van der Waals surface area contributed by atoms with Gasteiger partial charge in [-0.3, -0.25) is 9.59 Å². The SMILES string of the molecule is CCCC(C)N1C(=O)C(C)(C)NC(=O)C1C1CC1. The Morgan fingerprint density at radius 2 is 2.00 bits per heavy atom. The highest BCUT2D eigenvalue weighted by molar-refractivity contribution is 5.99. The summed E-state index contributed by atoms with van der Waals surface area (Å²) in [5.41, 5.74) is -0.759. The van der Waals surface area contributed by atoms with Crippen molar-refractivity contribution < 1.29 is 9.59 Å². The first kappa shape index (κ1) is 13.4. The fraction of sp³-hybridized carbons (Fsp3) is 0.857. The maximum Gasteiger partial charge on any atom is 0.248 e. The van der Waals surface area contributed by atoms with Gasteiger partial charge in [-0.25, -0.2) is 0 Å². The second-order valence-corrected chi connectivity index (χ2v) is 6.25. The van der Waals surface area contributed by atoms with Gasteiger partial charge in [0.15, 0.2) is 0 Å². The Balaban J connectivity index is 2.27. The van der Waals surface area contributed by atoms with Gasteiger partial charge in [-0.2, -0.15) is 0 Å². The number of carbonyl (C=O) groups excluding carboxylic acids is 2. The molecule has 1 aliphatic carbocycles. The van der Waals surface area contributed by atoms with Crippen molar-refractivity contribution in [2.45, 2.75) is 71.0 Å². The molecule has 2 aliphatic rings. The molecule has 2 amide bonds. The van der Waals surface area contributed by atoms with Gasteiger partial charge < -0.3 is 10.2 Å². The molecule has 1 saturated heterocycles. The minimum atomic E-state index is -0.759. The lowest BCUT2D eigenvalue weighted by atomic mass is 9.92. The summed E-state index contributed by atoms with van der Waals surface area (Å²) in [6.07, 6.45) is 4.13. The maximum atomic E-state index is 12.6. The van der Waals surface area contributed by atoms with Gasteiger partial charge in [0.1, 0.15) is 11.6 Å². The van der Waals surface area contributed by atoms with Gasteiger partial charge in [-0.1, -0.05) is 13.3 Å². The third kappa shape index (κ3) is 2.25. The number of carbonyl (C=O) groups is 2. The van der Waals surface area contributed by atoms with Gasteiger partial charge in [0.05, 0.1) is 0 Å². The number of amides is 2. The van der Waals surface area contributed by atoms with Crippen LogP contribution in [0.3, 0.4) is 0 Å². The number of hydrogen-bond donors (Lipinski definition) is 1. The van der Waals surface area contributed by atoms with E-state index in [-0.39, 0.29) is 23.9 Å². The van der Waals surface area contributed by atoms with E-state index in [9.17, 15) is 9.59 Å². The molecule has 2 atom stereocenters. The molecule has 18 heavy (non-hydrogen) atoms. The van der Waals surface area contributed by atoms with E-state index in [1.54, 1.807) is 13.8 Å². The van der Waals surface area contributed by atoms with E-state index in [2.05, 4.69) is 19.2 Å². The largest absolute Gasteiger partial charge is 0.340 e. The van der Waals surface area contributed by atoms with Crippen LogP contribution in [0.1, 0.15) is 53.4 Å². The third-order valence-electron chi connectivity index (χ3n) is 4.02. The molecule has 1 aliphatic heterocycles. The molecule has 2 unspecified atom stereocenters. The Labute approximate surface area is 109 Å². The van der Waals surface area contributed by atoms with Crippen LogP contribution < -0.4 is 5.32 Å². The second-order valence-electron chi connectivity index (χ2n) is 6.25. The van der Waals surface area contributed by atoms with Crippen LogP contribution in [0.5, 0.6) is 0 Å². The molecule has 4 heteroatoms. The number of piperazine rings is 1. The van der Waals surface area contributed by atoms with Crippen LogP contribution in [0.15, 0.2) is 0 Å². The van der Waals surface area contributed by atoms with Crippen molar-refractivity contribution in [1.82, 2.24) is 10.2 Å². The average molecular weight is 252 g/mol. The molecular formula is C14H24N2O2. The quantitative estimate of drug-likeness (QED) is 0.827. The highest BCUT2D eigenvalue weighted by Crippen LogP contribution is 2.39. The first-order valence-electron chi connectivity index (χ1n) is 7.03. The van der Waals surface area contributed by atoms with Crippen LogP contribution >= 0.6 is 0 Å². The molecule has 4 nitrogen and oxygen atoms in total. The average Bonchev–Trinajstić information content (AvgIpc) is 3.06. The maximum absolute atomic E-state index is 12.6. The normalized spacial score (nSPS) is 29.1. The van der Waals surface area contributed by atoms with Crippen molar-refractivity contribution >= 4 is 11.8 Å². The first-order valence-corrected chi connectivity index (χ1v) is 7.03. The van der Waals surface area contributed by atoms with Crippen LogP contribution in [0, 0.1) is 5.92 Å². The second kappa shape index (κ2) is 4.56. The highest BCUT2D eigenvalue weighted by Gasteiger charge is 2.51. The Morgan fingerprint density at radius 3 is 2.50 bits per heavy atom. The Bertz CT molecular complexity index is 361. The van der Waals surface area contributed by atoms with Crippen molar-refractivity contribution in [1.29, 1.82) is 0 Å². The predicted molar refractivity (Wildman–Crippen MR) is 69.9 cm³/mol. The minimum absolute atomic E-state index is 0.0325. The van der Waals surface area contributed by atoms with E-state index in [4.69, 9.17) is 0 Å². The summed E-state index contributed by atoms with van der Waals surface area (Å²) in [7, 11) is 0. The zero-order valence-electron chi connectivity index (χ0n) is 11.8. The van der Waals surface area contributed by atoms with Gasteiger partial charge in [-0.05, 0) is 46.0 Å².